The zero-order valence-corrected chi connectivity index (χ0v) is 9.95. The zero-order valence-electron chi connectivity index (χ0n) is 9.95. The van der Waals surface area contributed by atoms with Crippen molar-refractivity contribution in [2.75, 3.05) is 19.8 Å². The largest absolute Gasteiger partial charge is 0.393 e. The molecule has 1 rings (SSSR count). The third-order valence-electron chi connectivity index (χ3n) is 2.50. The second kappa shape index (κ2) is 5.80. The van der Waals surface area contributed by atoms with Crippen molar-refractivity contribution >= 4 is 0 Å². The molecule has 0 aromatic heterocycles. The number of rotatable bonds is 5. The monoisotopic (exact) mass is 217 g/mol. The van der Waals surface area contributed by atoms with Crippen molar-refractivity contribution in [2.24, 2.45) is 0 Å². The standard InChI is InChI=1S/C11H23NO3/c1-9(13)5-4-6-12-10-7-14-11(2,3)15-8-10/h9-10,12-13H,4-8H2,1-3H3. The van der Waals surface area contributed by atoms with Crippen LogP contribution < -0.4 is 5.32 Å². The van der Waals surface area contributed by atoms with Crippen LogP contribution >= 0.6 is 0 Å². The highest BCUT2D eigenvalue weighted by molar-refractivity contribution is 4.73. The van der Waals surface area contributed by atoms with Gasteiger partial charge in [0.15, 0.2) is 5.79 Å². The Morgan fingerprint density at radius 1 is 1.40 bits per heavy atom. The molecule has 15 heavy (non-hydrogen) atoms. The molecular weight excluding hydrogens is 194 g/mol. The van der Waals surface area contributed by atoms with E-state index >= 15 is 0 Å². The molecule has 0 amide bonds. The fourth-order valence-electron chi connectivity index (χ4n) is 1.51. The number of hydrogen-bond donors (Lipinski definition) is 2. The predicted molar refractivity (Wildman–Crippen MR) is 58.7 cm³/mol. The zero-order chi connectivity index (χ0) is 11.3. The molecule has 0 bridgehead atoms. The molecule has 1 fully saturated rings. The van der Waals surface area contributed by atoms with Crippen LogP contribution in [-0.4, -0.2) is 42.8 Å². The maximum Gasteiger partial charge on any atom is 0.162 e. The van der Waals surface area contributed by atoms with E-state index in [1.165, 1.54) is 0 Å². The van der Waals surface area contributed by atoms with E-state index in [1.54, 1.807) is 0 Å². The number of aliphatic hydroxyl groups excluding tert-OH is 1. The Kier molecular flexibility index (Phi) is 4.99. The molecule has 0 aromatic carbocycles. The van der Waals surface area contributed by atoms with Gasteiger partial charge in [-0.25, -0.2) is 0 Å². The van der Waals surface area contributed by atoms with Crippen LogP contribution in [0.3, 0.4) is 0 Å². The average molecular weight is 217 g/mol. The first kappa shape index (κ1) is 12.9. The normalized spacial score (nSPS) is 24.0. The first-order valence-electron chi connectivity index (χ1n) is 5.69. The molecule has 0 aliphatic carbocycles. The molecule has 4 nitrogen and oxygen atoms in total. The SMILES string of the molecule is CC(O)CCCNC1COC(C)(C)OC1. The first-order chi connectivity index (χ1) is 6.99. The van der Waals surface area contributed by atoms with Gasteiger partial charge in [-0.3, -0.25) is 0 Å². The Labute approximate surface area is 92.0 Å². The summed E-state index contributed by atoms with van der Waals surface area (Å²) in [6.07, 6.45) is 1.62. The fraction of sp³-hybridized carbons (Fsp3) is 1.00. The van der Waals surface area contributed by atoms with Crippen LogP contribution in [0, 0.1) is 0 Å². The second-order valence-electron chi connectivity index (χ2n) is 4.66. The van der Waals surface area contributed by atoms with Gasteiger partial charge < -0.3 is 19.9 Å². The molecule has 0 radical (unpaired) electrons. The molecule has 2 N–H and O–H groups in total. The molecule has 1 aliphatic rings. The summed E-state index contributed by atoms with van der Waals surface area (Å²) in [7, 11) is 0. The van der Waals surface area contributed by atoms with Crippen molar-refractivity contribution in [3.05, 3.63) is 0 Å². The minimum Gasteiger partial charge on any atom is -0.393 e. The van der Waals surface area contributed by atoms with Gasteiger partial charge in [-0.1, -0.05) is 0 Å². The Hall–Kier alpha value is -0.160. The third kappa shape index (κ3) is 5.47. The van der Waals surface area contributed by atoms with Gasteiger partial charge in [0.25, 0.3) is 0 Å². The van der Waals surface area contributed by atoms with E-state index in [-0.39, 0.29) is 12.1 Å². The lowest BCUT2D eigenvalue weighted by Gasteiger charge is -2.35. The Morgan fingerprint density at radius 3 is 2.53 bits per heavy atom. The highest BCUT2D eigenvalue weighted by Gasteiger charge is 2.27. The lowest BCUT2D eigenvalue weighted by Crippen LogP contribution is -2.48. The molecular formula is C11H23NO3. The summed E-state index contributed by atoms with van der Waals surface area (Å²) in [5.74, 6) is -0.433. The van der Waals surface area contributed by atoms with Crippen LogP contribution in [0.5, 0.6) is 0 Å². The molecule has 1 heterocycles. The lowest BCUT2D eigenvalue weighted by atomic mass is 10.2. The van der Waals surface area contributed by atoms with Gasteiger partial charge in [0.05, 0.1) is 25.4 Å². The molecule has 1 saturated heterocycles. The van der Waals surface area contributed by atoms with Gasteiger partial charge in [-0.15, -0.1) is 0 Å². The molecule has 4 heteroatoms. The summed E-state index contributed by atoms with van der Waals surface area (Å²) in [5, 5.41) is 12.4. The van der Waals surface area contributed by atoms with Crippen LogP contribution in [0.1, 0.15) is 33.6 Å². The van der Waals surface area contributed by atoms with Gasteiger partial charge >= 0.3 is 0 Å². The first-order valence-corrected chi connectivity index (χ1v) is 5.69. The Bertz CT molecular complexity index is 173. The van der Waals surface area contributed by atoms with Gasteiger partial charge in [0.1, 0.15) is 0 Å². The maximum absolute atomic E-state index is 9.08. The van der Waals surface area contributed by atoms with E-state index in [4.69, 9.17) is 14.6 Å². The quantitative estimate of drug-likeness (QED) is 0.671. The summed E-state index contributed by atoms with van der Waals surface area (Å²) in [4.78, 5) is 0. The summed E-state index contributed by atoms with van der Waals surface area (Å²) >= 11 is 0. The number of hydrogen-bond acceptors (Lipinski definition) is 4. The molecule has 0 spiro atoms. The van der Waals surface area contributed by atoms with Crippen molar-refractivity contribution in [3.63, 3.8) is 0 Å². The van der Waals surface area contributed by atoms with E-state index in [1.807, 2.05) is 20.8 Å². The number of ether oxygens (including phenoxy) is 2. The van der Waals surface area contributed by atoms with E-state index in [9.17, 15) is 0 Å². The maximum atomic E-state index is 9.08. The van der Waals surface area contributed by atoms with Crippen LogP contribution in [0.15, 0.2) is 0 Å². The fourth-order valence-corrected chi connectivity index (χ4v) is 1.51. The topological polar surface area (TPSA) is 50.7 Å². The van der Waals surface area contributed by atoms with Crippen molar-refractivity contribution in [1.82, 2.24) is 5.32 Å². The summed E-state index contributed by atoms with van der Waals surface area (Å²) in [6, 6.07) is 0.284. The van der Waals surface area contributed by atoms with Crippen molar-refractivity contribution in [1.29, 1.82) is 0 Å². The van der Waals surface area contributed by atoms with Crippen LogP contribution in [0.25, 0.3) is 0 Å². The number of aliphatic hydroxyl groups is 1. The average Bonchev–Trinajstić information content (AvgIpc) is 2.14. The van der Waals surface area contributed by atoms with Crippen LogP contribution in [-0.2, 0) is 9.47 Å². The Morgan fingerprint density at radius 2 is 2.00 bits per heavy atom. The van der Waals surface area contributed by atoms with Gasteiger partial charge in [-0.05, 0) is 40.2 Å². The minimum absolute atomic E-state index is 0.204. The van der Waals surface area contributed by atoms with Crippen molar-refractivity contribution < 1.29 is 14.6 Å². The summed E-state index contributed by atoms with van der Waals surface area (Å²) in [6.45, 7) is 7.97. The van der Waals surface area contributed by atoms with Crippen LogP contribution in [0.2, 0.25) is 0 Å². The minimum atomic E-state index is -0.433. The highest BCUT2D eigenvalue weighted by Crippen LogP contribution is 2.16. The molecule has 0 aromatic rings. The van der Waals surface area contributed by atoms with Gasteiger partial charge in [0.2, 0.25) is 0 Å². The number of nitrogens with one attached hydrogen (secondary N) is 1. The second-order valence-corrected chi connectivity index (χ2v) is 4.66. The van der Waals surface area contributed by atoms with E-state index < -0.39 is 5.79 Å². The van der Waals surface area contributed by atoms with E-state index in [0.29, 0.717) is 13.2 Å². The lowest BCUT2D eigenvalue weighted by molar-refractivity contribution is -0.252. The van der Waals surface area contributed by atoms with Gasteiger partial charge in [-0.2, -0.15) is 0 Å². The Balaban J connectivity index is 2.04. The van der Waals surface area contributed by atoms with Crippen LogP contribution in [0.4, 0.5) is 0 Å². The predicted octanol–water partition coefficient (Wildman–Crippen LogP) is 0.888. The molecule has 1 aliphatic heterocycles. The van der Waals surface area contributed by atoms with Crippen molar-refractivity contribution in [3.8, 4) is 0 Å². The summed E-state index contributed by atoms with van der Waals surface area (Å²) in [5.41, 5.74) is 0. The summed E-state index contributed by atoms with van der Waals surface area (Å²) < 4.78 is 11.0. The molecule has 0 saturated carbocycles. The molecule has 1 unspecified atom stereocenters. The smallest absolute Gasteiger partial charge is 0.162 e. The highest BCUT2D eigenvalue weighted by atomic mass is 16.7. The third-order valence-corrected chi connectivity index (χ3v) is 2.50. The molecule has 1 atom stereocenters. The van der Waals surface area contributed by atoms with E-state index in [0.717, 1.165) is 19.4 Å². The molecule has 90 valence electrons. The van der Waals surface area contributed by atoms with E-state index in [2.05, 4.69) is 5.32 Å². The van der Waals surface area contributed by atoms with Crippen molar-refractivity contribution in [2.45, 2.75) is 51.5 Å². The van der Waals surface area contributed by atoms with Gasteiger partial charge in [0, 0.05) is 0 Å².